The van der Waals surface area contributed by atoms with Crippen LogP contribution in [0.3, 0.4) is 0 Å². The normalized spacial score (nSPS) is 17.4. The van der Waals surface area contributed by atoms with E-state index < -0.39 is 17.7 Å². The second-order valence-corrected chi connectivity index (χ2v) is 9.89. The average molecular weight is 486 g/mol. The van der Waals surface area contributed by atoms with Gasteiger partial charge < -0.3 is 14.6 Å². The molecular weight excluding hydrogens is 454 g/mol. The number of aryl methyl sites for hydroxylation is 1. The van der Waals surface area contributed by atoms with Crippen molar-refractivity contribution in [3.8, 4) is 11.5 Å². The summed E-state index contributed by atoms with van der Waals surface area (Å²) in [6.07, 6.45) is 0. The van der Waals surface area contributed by atoms with Crippen molar-refractivity contribution in [2.24, 2.45) is 0 Å². The van der Waals surface area contributed by atoms with Crippen molar-refractivity contribution in [1.29, 1.82) is 0 Å². The van der Waals surface area contributed by atoms with Gasteiger partial charge in [0.2, 0.25) is 0 Å². The fourth-order valence-electron chi connectivity index (χ4n) is 4.53. The summed E-state index contributed by atoms with van der Waals surface area (Å²) in [5.74, 6) is -0.674. The molecule has 6 nitrogen and oxygen atoms in total. The molecule has 186 valence electrons. The minimum atomic E-state index is -0.817. The van der Waals surface area contributed by atoms with Gasteiger partial charge in [0.25, 0.3) is 11.7 Å². The van der Waals surface area contributed by atoms with E-state index in [-0.39, 0.29) is 16.7 Å². The fourth-order valence-corrected chi connectivity index (χ4v) is 4.53. The average Bonchev–Trinajstić information content (AvgIpc) is 3.13. The Morgan fingerprint density at radius 1 is 0.917 bits per heavy atom. The highest BCUT2D eigenvalue weighted by Gasteiger charge is 2.47. The summed E-state index contributed by atoms with van der Waals surface area (Å²) in [7, 11) is 3.07. The van der Waals surface area contributed by atoms with Crippen molar-refractivity contribution in [3.05, 3.63) is 94.6 Å². The number of hydrogen-bond donors (Lipinski definition) is 1. The van der Waals surface area contributed by atoms with Crippen molar-refractivity contribution in [3.63, 3.8) is 0 Å². The van der Waals surface area contributed by atoms with E-state index in [0.717, 1.165) is 16.7 Å². The molecule has 1 atom stereocenters. The van der Waals surface area contributed by atoms with Gasteiger partial charge >= 0.3 is 0 Å². The topological polar surface area (TPSA) is 76.1 Å². The first-order chi connectivity index (χ1) is 17.1. The van der Waals surface area contributed by atoms with Gasteiger partial charge in [-0.2, -0.15) is 0 Å². The van der Waals surface area contributed by atoms with Crippen LogP contribution in [-0.4, -0.2) is 31.0 Å². The van der Waals surface area contributed by atoms with E-state index in [9.17, 15) is 14.7 Å². The van der Waals surface area contributed by atoms with Crippen LogP contribution in [0.4, 0.5) is 5.69 Å². The highest BCUT2D eigenvalue weighted by Crippen LogP contribution is 2.44. The summed E-state index contributed by atoms with van der Waals surface area (Å²) in [6.45, 7) is 8.11. The number of carbonyl (C=O) groups excluding carboxylic acids is 2. The van der Waals surface area contributed by atoms with Crippen LogP contribution in [0, 0.1) is 6.92 Å². The third kappa shape index (κ3) is 4.35. The number of carbonyl (C=O) groups is 2. The van der Waals surface area contributed by atoms with Crippen LogP contribution in [0.25, 0.3) is 5.76 Å². The lowest BCUT2D eigenvalue weighted by Crippen LogP contribution is -2.29. The number of ether oxygens (including phenoxy) is 2. The SMILES string of the molecule is COc1ccc(N2C(=O)C(=O)/C(=C(/O)c3cc(C(C)(C)C)ccc3OC)C2c2ccccc2C)cc1. The number of rotatable bonds is 5. The fraction of sp³-hybridized carbons (Fsp3) is 0.267. The van der Waals surface area contributed by atoms with E-state index in [4.69, 9.17) is 9.47 Å². The van der Waals surface area contributed by atoms with Gasteiger partial charge in [-0.1, -0.05) is 51.1 Å². The van der Waals surface area contributed by atoms with Crippen LogP contribution in [0.2, 0.25) is 0 Å². The Hall–Kier alpha value is -4.06. The monoisotopic (exact) mass is 485 g/mol. The highest BCUT2D eigenvalue weighted by atomic mass is 16.5. The molecule has 3 aromatic carbocycles. The maximum Gasteiger partial charge on any atom is 0.300 e. The first-order valence-electron chi connectivity index (χ1n) is 11.8. The molecule has 3 aromatic rings. The number of methoxy groups -OCH3 is 2. The van der Waals surface area contributed by atoms with E-state index in [1.54, 1.807) is 37.4 Å². The summed E-state index contributed by atoms with van der Waals surface area (Å²) in [6, 6.07) is 19.2. The summed E-state index contributed by atoms with van der Waals surface area (Å²) in [5, 5.41) is 11.7. The van der Waals surface area contributed by atoms with E-state index in [1.807, 2.05) is 43.3 Å². The number of aliphatic hydroxyl groups excluding tert-OH is 1. The maximum atomic E-state index is 13.5. The lowest BCUT2D eigenvalue weighted by Gasteiger charge is -2.27. The van der Waals surface area contributed by atoms with Crippen LogP contribution >= 0.6 is 0 Å². The van der Waals surface area contributed by atoms with Crippen LogP contribution in [0.15, 0.2) is 72.3 Å². The summed E-state index contributed by atoms with van der Waals surface area (Å²) >= 11 is 0. The number of benzene rings is 3. The number of aliphatic hydroxyl groups is 1. The first kappa shape index (κ1) is 25.0. The van der Waals surface area contributed by atoms with Crippen molar-refractivity contribution in [1.82, 2.24) is 0 Å². The molecule has 1 saturated heterocycles. The third-order valence-corrected chi connectivity index (χ3v) is 6.60. The molecule has 1 heterocycles. The molecule has 0 aliphatic carbocycles. The van der Waals surface area contributed by atoms with Gasteiger partial charge in [-0.05, 0) is 65.4 Å². The molecule has 1 unspecified atom stereocenters. The van der Waals surface area contributed by atoms with E-state index in [0.29, 0.717) is 22.7 Å². The smallest absolute Gasteiger partial charge is 0.300 e. The molecule has 36 heavy (non-hydrogen) atoms. The predicted molar refractivity (Wildman–Crippen MR) is 141 cm³/mol. The zero-order chi connectivity index (χ0) is 26.2. The molecule has 1 N–H and O–H groups in total. The number of hydrogen-bond acceptors (Lipinski definition) is 5. The van der Waals surface area contributed by atoms with E-state index >= 15 is 0 Å². The zero-order valence-electron chi connectivity index (χ0n) is 21.5. The molecule has 0 radical (unpaired) electrons. The molecule has 1 aliphatic rings. The Morgan fingerprint density at radius 3 is 2.17 bits per heavy atom. The first-order valence-corrected chi connectivity index (χ1v) is 11.8. The molecule has 0 spiro atoms. The second kappa shape index (κ2) is 9.53. The van der Waals surface area contributed by atoms with Crippen molar-refractivity contribution < 1.29 is 24.2 Å². The van der Waals surface area contributed by atoms with Crippen molar-refractivity contribution >= 4 is 23.1 Å². The molecule has 0 saturated carbocycles. The van der Waals surface area contributed by atoms with Gasteiger partial charge in [0.05, 0.1) is 31.4 Å². The van der Waals surface area contributed by atoms with Gasteiger partial charge in [0.1, 0.15) is 17.3 Å². The Morgan fingerprint density at radius 2 is 1.58 bits per heavy atom. The molecule has 6 heteroatoms. The van der Waals surface area contributed by atoms with Gasteiger partial charge in [-0.3, -0.25) is 14.5 Å². The highest BCUT2D eigenvalue weighted by molar-refractivity contribution is 6.51. The summed E-state index contributed by atoms with van der Waals surface area (Å²) < 4.78 is 10.8. The van der Waals surface area contributed by atoms with E-state index in [1.165, 1.54) is 12.0 Å². The molecule has 0 bridgehead atoms. The molecule has 0 aromatic heterocycles. The maximum absolute atomic E-state index is 13.5. The van der Waals surface area contributed by atoms with E-state index in [2.05, 4.69) is 20.8 Å². The standard InChI is InChI=1S/C30H31NO5/c1-18-9-7-8-10-22(18)26-25(27(32)23-17-19(30(2,3)4)11-16-24(23)36-6)28(33)29(34)31(26)20-12-14-21(35-5)15-13-20/h7-17,26,32H,1-6H3/b27-25+. The van der Waals surface area contributed by atoms with Crippen molar-refractivity contribution in [2.45, 2.75) is 39.2 Å². The Balaban J connectivity index is 2.00. The van der Waals surface area contributed by atoms with Gasteiger partial charge in [0, 0.05) is 5.69 Å². The largest absolute Gasteiger partial charge is 0.507 e. The van der Waals surface area contributed by atoms with Gasteiger partial charge in [-0.25, -0.2) is 0 Å². The second-order valence-electron chi connectivity index (χ2n) is 9.89. The number of nitrogens with zero attached hydrogens (tertiary/aromatic N) is 1. The Bertz CT molecular complexity index is 1350. The lowest BCUT2D eigenvalue weighted by atomic mass is 9.85. The number of ketones is 1. The van der Waals surface area contributed by atoms with Gasteiger partial charge in [0.15, 0.2) is 0 Å². The number of Topliss-reactive ketones (excluding diaryl/α,β-unsaturated/α-hetero) is 1. The van der Waals surface area contributed by atoms with Crippen molar-refractivity contribution in [2.75, 3.05) is 19.1 Å². The summed E-state index contributed by atoms with van der Waals surface area (Å²) in [5.41, 5.74) is 3.32. The van der Waals surface area contributed by atoms with Crippen LogP contribution in [0.1, 0.15) is 49.1 Å². The molecule has 4 rings (SSSR count). The molecular formula is C30H31NO5. The minimum absolute atomic E-state index is 0.0227. The number of amides is 1. The minimum Gasteiger partial charge on any atom is -0.507 e. The molecule has 1 aliphatic heterocycles. The molecule has 1 fully saturated rings. The summed E-state index contributed by atoms with van der Waals surface area (Å²) in [4.78, 5) is 28.4. The quantitative estimate of drug-likeness (QED) is 0.275. The predicted octanol–water partition coefficient (Wildman–Crippen LogP) is 5.94. The number of anilines is 1. The molecule has 1 amide bonds. The third-order valence-electron chi connectivity index (χ3n) is 6.60. The van der Waals surface area contributed by atoms with Gasteiger partial charge in [-0.15, -0.1) is 0 Å². The van der Waals surface area contributed by atoms with Crippen LogP contribution in [-0.2, 0) is 15.0 Å². The lowest BCUT2D eigenvalue weighted by molar-refractivity contribution is -0.132. The Kier molecular flexibility index (Phi) is 6.63. The van der Waals surface area contributed by atoms with Crippen LogP contribution < -0.4 is 14.4 Å². The zero-order valence-corrected chi connectivity index (χ0v) is 21.5. The Labute approximate surface area is 211 Å². The van der Waals surface area contributed by atoms with Crippen LogP contribution in [0.5, 0.6) is 11.5 Å².